The van der Waals surface area contributed by atoms with Gasteiger partial charge in [-0.1, -0.05) is 13.8 Å². The predicted molar refractivity (Wildman–Crippen MR) is 32.7 cm³/mol. The Morgan fingerprint density at radius 2 is 2.11 bits per heavy atom. The highest BCUT2D eigenvalue weighted by Crippen LogP contribution is 2.41. The molecule has 1 heterocycles. The average Bonchev–Trinajstić information content (AvgIpc) is 2.38. The zero-order valence-electron chi connectivity index (χ0n) is 5.42. The normalized spacial score (nSPS) is 27.8. The molecule has 9 heavy (non-hydrogen) atoms. The van der Waals surface area contributed by atoms with Gasteiger partial charge in [0.2, 0.25) is 0 Å². The van der Waals surface area contributed by atoms with E-state index in [1.807, 2.05) is 13.8 Å². The van der Waals surface area contributed by atoms with Crippen molar-refractivity contribution in [2.75, 3.05) is 0 Å². The molecule has 1 atom stereocenters. The van der Waals surface area contributed by atoms with Crippen LogP contribution >= 0.6 is 0 Å². The number of rotatable bonds is 2. The predicted octanol–water partition coefficient (Wildman–Crippen LogP) is 0.882. The Hall–Kier alpha value is -0.0900. The standard InChI is InChI=1S/C5H9O3S/c1-3-4(2)5-8-9(5,6)7/h4H,3H2,1-2H3. The maximum Gasteiger partial charge on any atom is 0.305 e. The van der Waals surface area contributed by atoms with Crippen LogP contribution < -0.4 is 0 Å². The van der Waals surface area contributed by atoms with Crippen LogP contribution in [0, 0.1) is 11.4 Å². The maximum atomic E-state index is 10.4. The summed E-state index contributed by atoms with van der Waals surface area (Å²) >= 11 is 0. The summed E-state index contributed by atoms with van der Waals surface area (Å²) in [4.78, 5) is 0. The number of hydrogen-bond donors (Lipinski definition) is 0. The molecule has 0 aromatic heterocycles. The molecule has 0 aliphatic carbocycles. The molecule has 0 spiro atoms. The molecule has 0 aromatic carbocycles. The highest BCUT2D eigenvalue weighted by molar-refractivity contribution is 7.95. The summed E-state index contributed by atoms with van der Waals surface area (Å²) in [6.07, 6.45) is 0.814. The van der Waals surface area contributed by atoms with Gasteiger partial charge in [-0.2, -0.15) is 8.42 Å². The van der Waals surface area contributed by atoms with Crippen molar-refractivity contribution in [2.45, 2.75) is 20.3 Å². The SMILES string of the molecule is CCC(C)[C]1OS1(=O)=O. The van der Waals surface area contributed by atoms with Crippen LogP contribution in [0.2, 0.25) is 0 Å². The van der Waals surface area contributed by atoms with Crippen molar-refractivity contribution in [2.24, 2.45) is 5.92 Å². The summed E-state index contributed by atoms with van der Waals surface area (Å²) in [5, 5.41) is 0. The Labute approximate surface area is 55.1 Å². The van der Waals surface area contributed by atoms with Crippen molar-refractivity contribution in [1.82, 2.24) is 0 Å². The van der Waals surface area contributed by atoms with Crippen molar-refractivity contribution in [1.29, 1.82) is 0 Å². The summed E-state index contributed by atoms with van der Waals surface area (Å²) in [6, 6.07) is 0. The van der Waals surface area contributed by atoms with Gasteiger partial charge in [0, 0.05) is 5.92 Å². The van der Waals surface area contributed by atoms with Gasteiger partial charge in [0.25, 0.3) is 5.44 Å². The molecule has 1 aliphatic heterocycles. The summed E-state index contributed by atoms with van der Waals surface area (Å²) in [6.45, 7) is 3.76. The van der Waals surface area contributed by atoms with Gasteiger partial charge in [-0.25, -0.2) is 4.18 Å². The van der Waals surface area contributed by atoms with E-state index in [-0.39, 0.29) is 11.4 Å². The lowest BCUT2D eigenvalue weighted by Crippen LogP contribution is -1.94. The van der Waals surface area contributed by atoms with Crippen LogP contribution in [0.5, 0.6) is 0 Å². The van der Waals surface area contributed by atoms with Gasteiger partial charge in [0.1, 0.15) is 0 Å². The topological polar surface area (TPSA) is 46.7 Å². The van der Waals surface area contributed by atoms with Crippen LogP contribution in [-0.2, 0) is 14.3 Å². The third kappa shape index (κ3) is 1.24. The second-order valence-electron chi connectivity index (χ2n) is 2.17. The van der Waals surface area contributed by atoms with Gasteiger partial charge in [0.05, 0.1) is 0 Å². The molecule has 1 aliphatic rings. The van der Waals surface area contributed by atoms with Crippen LogP contribution in [0.3, 0.4) is 0 Å². The van der Waals surface area contributed by atoms with Crippen LogP contribution in [0.4, 0.5) is 0 Å². The van der Waals surface area contributed by atoms with E-state index >= 15 is 0 Å². The maximum absolute atomic E-state index is 10.4. The van der Waals surface area contributed by atoms with E-state index in [1.54, 1.807) is 0 Å². The van der Waals surface area contributed by atoms with E-state index < -0.39 is 10.1 Å². The molecule has 1 saturated heterocycles. The Kier molecular flexibility index (Phi) is 1.52. The molecule has 0 amide bonds. The van der Waals surface area contributed by atoms with E-state index in [0.29, 0.717) is 0 Å². The molecule has 0 N–H and O–H groups in total. The molecule has 0 bridgehead atoms. The van der Waals surface area contributed by atoms with Crippen molar-refractivity contribution >= 4 is 10.1 Å². The molecule has 4 heteroatoms. The van der Waals surface area contributed by atoms with Gasteiger partial charge in [-0.3, -0.25) is 0 Å². The van der Waals surface area contributed by atoms with E-state index in [9.17, 15) is 8.42 Å². The van der Waals surface area contributed by atoms with Crippen LogP contribution in [0.1, 0.15) is 20.3 Å². The van der Waals surface area contributed by atoms with Crippen molar-refractivity contribution < 1.29 is 12.6 Å². The highest BCUT2D eigenvalue weighted by atomic mass is 32.2. The monoisotopic (exact) mass is 149 g/mol. The minimum absolute atomic E-state index is 0.0648. The zero-order chi connectivity index (χ0) is 7.07. The van der Waals surface area contributed by atoms with E-state index in [2.05, 4.69) is 4.18 Å². The van der Waals surface area contributed by atoms with Gasteiger partial charge in [-0.15, -0.1) is 0 Å². The third-order valence-corrected chi connectivity index (χ3v) is 2.65. The van der Waals surface area contributed by atoms with Crippen LogP contribution in [0.25, 0.3) is 0 Å². The molecule has 1 radical (unpaired) electrons. The lowest BCUT2D eigenvalue weighted by atomic mass is 10.1. The van der Waals surface area contributed by atoms with Crippen LogP contribution in [0.15, 0.2) is 0 Å². The Morgan fingerprint density at radius 3 is 2.22 bits per heavy atom. The third-order valence-electron chi connectivity index (χ3n) is 1.43. The van der Waals surface area contributed by atoms with Gasteiger partial charge in [0.15, 0.2) is 0 Å². The van der Waals surface area contributed by atoms with Crippen molar-refractivity contribution in [3.63, 3.8) is 0 Å². The summed E-state index contributed by atoms with van der Waals surface area (Å²) in [7, 11) is -3.15. The fourth-order valence-corrected chi connectivity index (χ4v) is 1.76. The zero-order valence-corrected chi connectivity index (χ0v) is 6.23. The molecule has 0 aromatic rings. The average molecular weight is 149 g/mol. The molecular formula is C5H9O3S. The first kappa shape index (κ1) is 7.02. The summed E-state index contributed by atoms with van der Waals surface area (Å²) in [5.74, 6) is 0.0648. The van der Waals surface area contributed by atoms with E-state index in [1.165, 1.54) is 0 Å². The minimum Gasteiger partial charge on any atom is -0.237 e. The Morgan fingerprint density at radius 1 is 1.67 bits per heavy atom. The van der Waals surface area contributed by atoms with E-state index in [4.69, 9.17) is 0 Å². The van der Waals surface area contributed by atoms with E-state index in [0.717, 1.165) is 6.42 Å². The Bertz CT molecular complexity index is 194. The smallest absolute Gasteiger partial charge is 0.237 e. The molecular weight excluding hydrogens is 140 g/mol. The molecule has 3 nitrogen and oxygen atoms in total. The molecule has 1 rings (SSSR count). The van der Waals surface area contributed by atoms with Gasteiger partial charge < -0.3 is 0 Å². The molecule has 53 valence electrons. The number of hydrogen-bond acceptors (Lipinski definition) is 3. The Balaban J connectivity index is 2.52. The fraction of sp³-hybridized carbons (Fsp3) is 0.800. The summed E-state index contributed by atoms with van der Waals surface area (Å²) < 4.78 is 25.2. The lowest BCUT2D eigenvalue weighted by molar-refractivity contribution is 0.439. The van der Waals surface area contributed by atoms with Gasteiger partial charge >= 0.3 is 10.1 Å². The van der Waals surface area contributed by atoms with Crippen LogP contribution in [-0.4, -0.2) is 8.42 Å². The van der Waals surface area contributed by atoms with Crippen molar-refractivity contribution in [3.8, 4) is 0 Å². The first-order chi connectivity index (χ1) is 4.08. The quantitative estimate of drug-likeness (QED) is 0.547. The van der Waals surface area contributed by atoms with Crippen molar-refractivity contribution in [3.05, 3.63) is 5.44 Å². The largest absolute Gasteiger partial charge is 0.305 e. The fourth-order valence-electron chi connectivity index (χ4n) is 0.586. The molecule has 1 unspecified atom stereocenters. The summed E-state index contributed by atoms with van der Waals surface area (Å²) in [5.41, 5.74) is 0.255. The minimum atomic E-state index is -3.15. The first-order valence-electron chi connectivity index (χ1n) is 2.89. The van der Waals surface area contributed by atoms with Gasteiger partial charge in [-0.05, 0) is 6.42 Å². The highest BCUT2D eigenvalue weighted by Gasteiger charge is 2.51. The first-order valence-corrected chi connectivity index (χ1v) is 4.30. The molecule has 1 fully saturated rings. The second kappa shape index (κ2) is 1.95. The lowest BCUT2D eigenvalue weighted by Gasteiger charge is -1.94. The second-order valence-corrected chi connectivity index (χ2v) is 3.64. The molecule has 0 saturated carbocycles.